The van der Waals surface area contributed by atoms with Crippen molar-refractivity contribution in [1.29, 1.82) is 0 Å². The van der Waals surface area contributed by atoms with Gasteiger partial charge in [-0.2, -0.15) is 0 Å². The maximum atomic E-state index is 12.7. The minimum atomic E-state index is 0.0907. The molecule has 1 aromatic carbocycles. The monoisotopic (exact) mass is 399 g/mol. The molecule has 1 aromatic rings. The third-order valence-corrected chi connectivity index (χ3v) is 7.22. The van der Waals surface area contributed by atoms with Crippen LogP contribution in [0.5, 0.6) is 0 Å². The Morgan fingerprint density at radius 1 is 1.03 bits per heavy atom. The molecule has 4 aliphatic rings. The van der Waals surface area contributed by atoms with E-state index in [2.05, 4.69) is 52.8 Å². The summed E-state index contributed by atoms with van der Waals surface area (Å²) in [6.45, 7) is 9.83. The summed E-state index contributed by atoms with van der Waals surface area (Å²) in [5, 5.41) is 9.09. The summed E-state index contributed by atoms with van der Waals surface area (Å²) in [4.78, 5) is 19.8. The number of amides is 1. The van der Waals surface area contributed by atoms with Crippen LogP contribution in [0.1, 0.15) is 52.4 Å². The van der Waals surface area contributed by atoms with Crippen molar-refractivity contribution in [3.8, 4) is 0 Å². The standard InChI is InChI=1S/C24H37N3O2/c1-24(2)15-19-16-26(23(29)7-6-14-28)18-22(24)27(17-19)21-10-8-20(9-11-21)25-12-4-3-5-13-25/h8-11,19,22,28H,3-7,12-18H2,1-2H3/t19-,22-/m1/s1. The summed E-state index contributed by atoms with van der Waals surface area (Å²) in [7, 11) is 0. The third kappa shape index (κ3) is 4.40. The van der Waals surface area contributed by atoms with Crippen molar-refractivity contribution in [2.75, 3.05) is 49.1 Å². The molecule has 1 amide bonds. The molecule has 0 unspecified atom stereocenters. The molecule has 2 bridgehead atoms. The Morgan fingerprint density at radius 2 is 1.72 bits per heavy atom. The van der Waals surface area contributed by atoms with Gasteiger partial charge in [0.25, 0.3) is 0 Å². The van der Waals surface area contributed by atoms with Crippen LogP contribution in [0.4, 0.5) is 11.4 Å². The van der Waals surface area contributed by atoms with Gasteiger partial charge >= 0.3 is 0 Å². The Bertz CT molecular complexity index is 697. The van der Waals surface area contributed by atoms with Gasteiger partial charge in [0.15, 0.2) is 0 Å². The fourth-order valence-corrected chi connectivity index (χ4v) is 5.72. The Kier molecular flexibility index (Phi) is 6.05. The van der Waals surface area contributed by atoms with Crippen molar-refractivity contribution in [2.45, 2.75) is 58.4 Å². The van der Waals surface area contributed by atoms with E-state index in [0.29, 0.717) is 24.8 Å². The van der Waals surface area contributed by atoms with Crippen LogP contribution in [0.15, 0.2) is 24.3 Å². The van der Waals surface area contributed by atoms with Crippen molar-refractivity contribution < 1.29 is 9.90 Å². The van der Waals surface area contributed by atoms with Crippen LogP contribution >= 0.6 is 0 Å². The van der Waals surface area contributed by atoms with Crippen LogP contribution in [-0.2, 0) is 4.79 Å². The number of piperidine rings is 2. The van der Waals surface area contributed by atoms with E-state index in [-0.39, 0.29) is 17.9 Å². The minimum absolute atomic E-state index is 0.0907. The van der Waals surface area contributed by atoms with Gasteiger partial charge in [-0.25, -0.2) is 0 Å². The molecule has 4 aliphatic heterocycles. The maximum absolute atomic E-state index is 12.7. The number of anilines is 2. The number of rotatable bonds is 5. The first-order valence-electron chi connectivity index (χ1n) is 11.5. The van der Waals surface area contributed by atoms with E-state index >= 15 is 0 Å². The van der Waals surface area contributed by atoms with Crippen molar-refractivity contribution in [3.63, 3.8) is 0 Å². The van der Waals surface area contributed by atoms with Crippen molar-refractivity contribution in [1.82, 2.24) is 4.90 Å². The van der Waals surface area contributed by atoms with Gasteiger partial charge in [-0.15, -0.1) is 0 Å². The number of aliphatic hydroxyl groups is 1. The number of benzene rings is 1. The van der Waals surface area contributed by atoms with Gasteiger partial charge in [-0.3, -0.25) is 4.79 Å². The highest BCUT2D eigenvalue weighted by Gasteiger charge is 2.46. The van der Waals surface area contributed by atoms with E-state index in [9.17, 15) is 4.79 Å². The molecule has 5 heteroatoms. The molecule has 1 N–H and O–H groups in total. The van der Waals surface area contributed by atoms with E-state index in [0.717, 1.165) is 19.6 Å². The lowest BCUT2D eigenvalue weighted by Crippen LogP contribution is -2.54. The molecule has 4 fully saturated rings. The number of hydrogen-bond acceptors (Lipinski definition) is 4. The van der Waals surface area contributed by atoms with E-state index in [1.54, 1.807) is 0 Å². The number of fused-ring (bicyclic) bond motifs is 4. The quantitative estimate of drug-likeness (QED) is 0.823. The molecule has 29 heavy (non-hydrogen) atoms. The largest absolute Gasteiger partial charge is 0.396 e. The SMILES string of the molecule is CC1(C)C[C@@H]2CN(C(=O)CCCO)C[C@H]1N(c1ccc(N3CCCCC3)cc1)C2. The molecule has 0 spiro atoms. The average Bonchev–Trinajstić information content (AvgIpc) is 3.00. The van der Waals surface area contributed by atoms with Crippen LogP contribution in [0.25, 0.3) is 0 Å². The van der Waals surface area contributed by atoms with Crippen molar-refractivity contribution in [3.05, 3.63) is 24.3 Å². The van der Waals surface area contributed by atoms with Crippen LogP contribution in [0, 0.1) is 11.3 Å². The highest BCUT2D eigenvalue weighted by Crippen LogP contribution is 2.43. The summed E-state index contributed by atoms with van der Waals surface area (Å²) in [6, 6.07) is 9.49. The zero-order chi connectivity index (χ0) is 20.4. The van der Waals surface area contributed by atoms with Gasteiger partial charge in [0.2, 0.25) is 5.91 Å². The molecule has 4 heterocycles. The molecule has 0 aliphatic carbocycles. The molecular weight excluding hydrogens is 362 g/mol. The highest BCUT2D eigenvalue weighted by molar-refractivity contribution is 5.76. The fourth-order valence-electron chi connectivity index (χ4n) is 5.72. The molecule has 4 saturated heterocycles. The van der Waals surface area contributed by atoms with Crippen molar-refractivity contribution in [2.24, 2.45) is 11.3 Å². The molecule has 0 aromatic heterocycles. The van der Waals surface area contributed by atoms with Crippen LogP contribution < -0.4 is 9.80 Å². The maximum Gasteiger partial charge on any atom is 0.222 e. The molecule has 5 nitrogen and oxygen atoms in total. The first kappa shape index (κ1) is 20.5. The predicted molar refractivity (Wildman–Crippen MR) is 118 cm³/mol. The summed E-state index contributed by atoms with van der Waals surface area (Å²) in [6.07, 6.45) is 6.15. The van der Waals surface area contributed by atoms with Gasteiger partial charge in [-0.1, -0.05) is 13.8 Å². The fraction of sp³-hybridized carbons (Fsp3) is 0.708. The highest BCUT2D eigenvalue weighted by atomic mass is 16.3. The van der Waals surface area contributed by atoms with Gasteiger partial charge in [-0.05, 0) is 67.7 Å². The lowest BCUT2D eigenvalue weighted by molar-refractivity contribution is -0.131. The second-order valence-electron chi connectivity index (χ2n) is 9.92. The molecule has 0 saturated carbocycles. The van der Waals surface area contributed by atoms with Gasteiger partial charge in [0.1, 0.15) is 0 Å². The lowest BCUT2D eigenvalue weighted by Gasteiger charge is -2.48. The molecular formula is C24H37N3O2. The van der Waals surface area contributed by atoms with E-state index in [1.807, 2.05) is 0 Å². The topological polar surface area (TPSA) is 47.0 Å². The number of nitrogens with zero attached hydrogens (tertiary/aromatic N) is 3. The second-order valence-corrected chi connectivity index (χ2v) is 9.92. The van der Waals surface area contributed by atoms with Crippen LogP contribution in [-0.4, -0.2) is 61.3 Å². The van der Waals surface area contributed by atoms with E-state index in [1.165, 1.54) is 50.1 Å². The Hall–Kier alpha value is -1.75. The van der Waals surface area contributed by atoms with E-state index < -0.39 is 0 Å². The predicted octanol–water partition coefficient (Wildman–Crippen LogP) is 3.51. The minimum Gasteiger partial charge on any atom is -0.396 e. The second kappa shape index (κ2) is 8.55. The Labute approximate surface area is 175 Å². The molecule has 0 radical (unpaired) electrons. The summed E-state index contributed by atoms with van der Waals surface area (Å²) in [5.74, 6) is 0.706. The molecule has 2 atom stereocenters. The first-order chi connectivity index (χ1) is 14.0. The number of hydrogen-bond donors (Lipinski definition) is 1. The van der Waals surface area contributed by atoms with Crippen LogP contribution in [0.2, 0.25) is 0 Å². The Morgan fingerprint density at radius 3 is 2.41 bits per heavy atom. The average molecular weight is 400 g/mol. The first-order valence-corrected chi connectivity index (χ1v) is 11.5. The summed E-state index contributed by atoms with van der Waals surface area (Å²) in [5.41, 5.74) is 2.81. The molecule has 5 rings (SSSR count). The lowest BCUT2D eigenvalue weighted by atomic mass is 9.73. The molecule has 160 valence electrons. The van der Waals surface area contributed by atoms with Gasteiger partial charge in [0.05, 0.1) is 6.04 Å². The number of carbonyl (C=O) groups excluding carboxylic acids is 1. The van der Waals surface area contributed by atoms with Crippen molar-refractivity contribution >= 4 is 17.3 Å². The van der Waals surface area contributed by atoms with Gasteiger partial charge in [0, 0.05) is 57.1 Å². The Balaban J connectivity index is 1.52. The van der Waals surface area contributed by atoms with Crippen LogP contribution in [0.3, 0.4) is 0 Å². The van der Waals surface area contributed by atoms with E-state index in [4.69, 9.17) is 5.11 Å². The smallest absolute Gasteiger partial charge is 0.222 e. The zero-order valence-electron chi connectivity index (χ0n) is 18.1. The zero-order valence-corrected chi connectivity index (χ0v) is 18.1. The summed E-state index contributed by atoms with van der Waals surface area (Å²) < 4.78 is 0. The summed E-state index contributed by atoms with van der Waals surface area (Å²) >= 11 is 0. The number of carbonyl (C=O) groups is 1. The normalized spacial score (nSPS) is 26.5. The third-order valence-electron chi connectivity index (χ3n) is 7.22. The van der Waals surface area contributed by atoms with Gasteiger partial charge < -0.3 is 19.8 Å². The number of aliphatic hydroxyl groups excluding tert-OH is 1.